The van der Waals surface area contributed by atoms with Gasteiger partial charge in [-0.1, -0.05) is 6.58 Å². The lowest BCUT2D eigenvalue weighted by molar-refractivity contribution is -0.884. The fourth-order valence-electron chi connectivity index (χ4n) is 1.00. The summed E-state index contributed by atoms with van der Waals surface area (Å²) < 4.78 is 10.4. The lowest BCUT2D eigenvalue weighted by Crippen LogP contribution is -3.12. The van der Waals surface area contributed by atoms with Crippen molar-refractivity contribution in [1.82, 2.24) is 0 Å². The van der Waals surface area contributed by atoms with Crippen LogP contribution in [0.5, 0.6) is 0 Å². The Morgan fingerprint density at radius 2 is 2.07 bits per heavy atom. The Hall–Kier alpha value is -0.680. The zero-order valence-electron chi connectivity index (χ0n) is 7.60. The van der Waals surface area contributed by atoms with E-state index in [1.165, 1.54) is 6.08 Å². The summed E-state index contributed by atoms with van der Waals surface area (Å²) in [4.78, 5) is 31.3. The smallest absolute Gasteiger partial charge is 0.103 e. The molecule has 1 unspecified atom stereocenters. The molecule has 0 amide bonds. The first-order valence-electron chi connectivity index (χ1n) is 4.00. The number of aliphatic carboxylic acids is 1. The van der Waals surface area contributed by atoms with E-state index in [0.717, 1.165) is 0 Å². The normalized spacial score (nSPS) is 13.6. The SMILES string of the molecule is C=CC[NH+](CCC(=O)[O-])CP(=O)([O-])[O-]. The van der Waals surface area contributed by atoms with Crippen molar-refractivity contribution in [2.24, 2.45) is 0 Å². The van der Waals surface area contributed by atoms with Crippen molar-refractivity contribution >= 4 is 13.6 Å². The van der Waals surface area contributed by atoms with Crippen LogP contribution in [0.4, 0.5) is 0 Å². The lowest BCUT2D eigenvalue weighted by atomic mass is 10.4. The Bertz CT molecular complexity index is 248. The van der Waals surface area contributed by atoms with Gasteiger partial charge in [-0.15, -0.1) is 0 Å². The molecule has 0 aliphatic heterocycles. The third kappa shape index (κ3) is 7.94. The van der Waals surface area contributed by atoms with Crippen molar-refractivity contribution in [3.05, 3.63) is 12.7 Å². The van der Waals surface area contributed by atoms with E-state index in [4.69, 9.17) is 0 Å². The summed E-state index contributed by atoms with van der Waals surface area (Å²) in [5.41, 5.74) is 0. The third-order valence-corrected chi connectivity index (χ3v) is 2.37. The van der Waals surface area contributed by atoms with E-state index in [1.807, 2.05) is 0 Å². The number of carboxylic acids is 1. The van der Waals surface area contributed by atoms with E-state index >= 15 is 0 Å². The number of nitrogens with one attached hydrogen (secondary N) is 1. The van der Waals surface area contributed by atoms with Crippen LogP contribution in [0.2, 0.25) is 0 Å². The maximum atomic E-state index is 10.4. The molecule has 14 heavy (non-hydrogen) atoms. The van der Waals surface area contributed by atoms with E-state index in [0.29, 0.717) is 4.90 Å². The van der Waals surface area contributed by atoms with E-state index in [-0.39, 0.29) is 19.5 Å². The molecule has 0 rings (SSSR count). The molecule has 0 aromatic heterocycles. The Kier molecular flexibility index (Phi) is 5.64. The van der Waals surface area contributed by atoms with Gasteiger partial charge in [0.25, 0.3) is 0 Å². The van der Waals surface area contributed by atoms with E-state index in [1.54, 1.807) is 0 Å². The van der Waals surface area contributed by atoms with Crippen LogP contribution < -0.4 is 19.8 Å². The van der Waals surface area contributed by atoms with E-state index < -0.39 is 19.9 Å². The topological polar surface area (TPSA) is 108 Å². The van der Waals surface area contributed by atoms with Crippen LogP contribution in [-0.2, 0) is 9.36 Å². The monoisotopic (exact) mass is 221 g/mol. The number of carbonyl (C=O) groups excluding carboxylic acids is 1. The number of carbonyl (C=O) groups is 1. The largest absolute Gasteiger partial charge is 0.807 e. The highest BCUT2D eigenvalue weighted by molar-refractivity contribution is 7.48. The second-order valence-corrected chi connectivity index (χ2v) is 4.42. The average Bonchev–Trinajstić information content (AvgIpc) is 1.98. The second kappa shape index (κ2) is 5.93. The molecule has 1 N–H and O–H groups in total. The highest BCUT2D eigenvalue weighted by Gasteiger charge is 2.08. The van der Waals surface area contributed by atoms with Gasteiger partial charge >= 0.3 is 0 Å². The highest BCUT2D eigenvalue weighted by atomic mass is 31.2. The Labute approximate surface area is 82.0 Å². The Morgan fingerprint density at radius 3 is 2.43 bits per heavy atom. The van der Waals surface area contributed by atoms with Gasteiger partial charge < -0.3 is 29.2 Å². The molecule has 0 aliphatic carbocycles. The van der Waals surface area contributed by atoms with Gasteiger partial charge in [0.15, 0.2) is 0 Å². The molecule has 0 saturated carbocycles. The van der Waals surface area contributed by atoms with E-state index in [2.05, 4.69) is 6.58 Å². The molecule has 6 nitrogen and oxygen atoms in total. The molecule has 82 valence electrons. The molecular formula is C7H12NO5P-2. The minimum absolute atomic E-state index is 0.0445. The zero-order chi connectivity index (χ0) is 11.2. The van der Waals surface area contributed by atoms with Gasteiger partial charge in [-0.05, 0) is 13.7 Å². The molecule has 0 aromatic carbocycles. The number of hydrogen-bond donors (Lipinski definition) is 1. The number of carboxylic acid groups (broad SMARTS) is 1. The molecule has 0 fully saturated rings. The third-order valence-electron chi connectivity index (χ3n) is 1.53. The summed E-state index contributed by atoms with van der Waals surface area (Å²) in [5, 5.41) is 10.1. The summed E-state index contributed by atoms with van der Waals surface area (Å²) in [5.74, 6) is -1.27. The molecule has 0 aromatic rings. The van der Waals surface area contributed by atoms with Crippen LogP contribution in [0, 0.1) is 0 Å². The molecule has 1 atom stereocenters. The molecule has 0 saturated heterocycles. The van der Waals surface area contributed by atoms with Crippen molar-refractivity contribution in [2.45, 2.75) is 6.42 Å². The summed E-state index contributed by atoms with van der Waals surface area (Å²) in [7, 11) is -4.61. The van der Waals surface area contributed by atoms with Crippen LogP contribution in [0.3, 0.4) is 0 Å². The van der Waals surface area contributed by atoms with Gasteiger partial charge in [0.1, 0.15) is 6.29 Å². The van der Waals surface area contributed by atoms with Crippen LogP contribution in [0.1, 0.15) is 6.42 Å². The molecule has 7 heteroatoms. The first-order chi connectivity index (χ1) is 6.35. The number of rotatable bonds is 7. The van der Waals surface area contributed by atoms with Crippen LogP contribution in [0.15, 0.2) is 12.7 Å². The Balaban J connectivity index is 4.08. The summed E-state index contributed by atoms with van der Waals surface area (Å²) in [6.07, 6.45) is 0.551. The van der Waals surface area contributed by atoms with Gasteiger partial charge in [0.2, 0.25) is 0 Å². The molecule has 0 spiro atoms. The van der Waals surface area contributed by atoms with Crippen molar-refractivity contribution in [3.8, 4) is 0 Å². The minimum atomic E-state index is -4.61. The maximum Gasteiger partial charge on any atom is 0.103 e. The van der Waals surface area contributed by atoms with Crippen LogP contribution in [-0.4, -0.2) is 25.3 Å². The van der Waals surface area contributed by atoms with Crippen molar-refractivity contribution in [1.29, 1.82) is 0 Å². The summed E-state index contributed by atoms with van der Waals surface area (Å²) >= 11 is 0. The number of hydrogen-bond acceptors (Lipinski definition) is 5. The fraction of sp³-hybridized carbons (Fsp3) is 0.571. The van der Waals surface area contributed by atoms with Crippen molar-refractivity contribution < 1.29 is 29.2 Å². The first kappa shape index (κ1) is 13.3. The summed E-state index contributed by atoms with van der Waals surface area (Å²) in [6, 6.07) is 0. The minimum Gasteiger partial charge on any atom is -0.807 e. The van der Waals surface area contributed by atoms with Gasteiger partial charge in [0.05, 0.1) is 13.1 Å². The molecule has 0 heterocycles. The standard InChI is InChI=1S/C7H14NO5P/c1-2-4-8(5-3-7(9)10)6-14(11,12)13/h2H,1,3-6H2,(H,9,10)(H2,11,12,13)/p-2. The fourth-order valence-corrected chi connectivity index (χ4v) is 1.84. The van der Waals surface area contributed by atoms with Crippen LogP contribution >= 0.6 is 7.60 Å². The van der Waals surface area contributed by atoms with Gasteiger partial charge in [0, 0.05) is 12.4 Å². The van der Waals surface area contributed by atoms with Gasteiger partial charge in [-0.3, -0.25) is 0 Å². The molecular weight excluding hydrogens is 209 g/mol. The highest BCUT2D eigenvalue weighted by Crippen LogP contribution is 2.17. The van der Waals surface area contributed by atoms with Crippen molar-refractivity contribution in [2.75, 3.05) is 19.4 Å². The lowest BCUT2D eigenvalue weighted by Gasteiger charge is -2.32. The molecule has 0 radical (unpaired) electrons. The first-order valence-corrected chi connectivity index (χ1v) is 5.73. The Morgan fingerprint density at radius 1 is 1.50 bits per heavy atom. The summed E-state index contributed by atoms with van der Waals surface area (Å²) in [6.45, 7) is 3.66. The maximum absolute atomic E-state index is 10.4. The predicted octanol–water partition coefficient (Wildman–Crippen LogP) is -3.93. The zero-order valence-corrected chi connectivity index (χ0v) is 8.50. The molecule has 0 aliphatic rings. The molecule has 0 bridgehead atoms. The van der Waals surface area contributed by atoms with Crippen LogP contribution in [0.25, 0.3) is 0 Å². The van der Waals surface area contributed by atoms with Gasteiger partial charge in [-0.25, -0.2) is 0 Å². The number of quaternary nitrogens is 1. The van der Waals surface area contributed by atoms with E-state index in [9.17, 15) is 24.3 Å². The van der Waals surface area contributed by atoms with Crippen molar-refractivity contribution in [3.63, 3.8) is 0 Å². The second-order valence-electron chi connectivity index (χ2n) is 2.88. The average molecular weight is 221 g/mol. The van der Waals surface area contributed by atoms with Gasteiger partial charge in [-0.2, -0.15) is 0 Å². The quantitative estimate of drug-likeness (QED) is 0.349. The predicted molar refractivity (Wildman–Crippen MR) is 43.0 cm³/mol.